The maximum absolute atomic E-state index is 4.24. The Labute approximate surface area is 124 Å². The quantitative estimate of drug-likeness (QED) is 0.759. The van der Waals surface area contributed by atoms with Crippen LogP contribution in [0, 0.1) is 0 Å². The molecule has 3 heteroatoms. The van der Waals surface area contributed by atoms with E-state index < -0.39 is 0 Å². The molecule has 2 aromatic carbocycles. The minimum Gasteiger partial charge on any atom is -0.356 e. The third-order valence-electron chi connectivity index (χ3n) is 3.17. The van der Waals surface area contributed by atoms with Crippen LogP contribution in [0.25, 0.3) is 17.3 Å². The fraction of sp³-hybridized carbons (Fsp3) is 0. The Morgan fingerprint density at radius 1 is 0.952 bits per heavy atom. The number of hydrogen-bond donors (Lipinski definition) is 1. The van der Waals surface area contributed by atoms with Crippen molar-refractivity contribution >= 4 is 17.5 Å². The third kappa shape index (κ3) is 3.15. The lowest BCUT2D eigenvalue weighted by molar-refractivity contribution is 1.17. The average Bonchev–Trinajstić information content (AvgIpc) is 2.56. The highest BCUT2D eigenvalue weighted by Crippen LogP contribution is 2.22. The molecule has 0 fully saturated rings. The molecule has 0 spiro atoms. The Morgan fingerprint density at radius 2 is 1.81 bits per heavy atom. The lowest BCUT2D eigenvalue weighted by atomic mass is 10.1. The Morgan fingerprint density at radius 3 is 2.52 bits per heavy atom. The maximum Gasteiger partial charge on any atom is 0.116 e. The molecule has 3 aromatic rings. The molecule has 0 saturated carbocycles. The van der Waals surface area contributed by atoms with Gasteiger partial charge in [0.05, 0.1) is 5.69 Å². The molecular weight excluding hydrogens is 258 g/mol. The lowest BCUT2D eigenvalue weighted by Gasteiger charge is -2.08. The molecule has 21 heavy (non-hydrogen) atoms. The number of nitrogens with zero attached hydrogens (tertiary/aromatic N) is 2. The van der Waals surface area contributed by atoms with E-state index in [0.29, 0.717) is 0 Å². The Bertz CT molecular complexity index is 734. The molecule has 102 valence electrons. The van der Waals surface area contributed by atoms with Crippen molar-refractivity contribution in [3.63, 3.8) is 0 Å². The van der Waals surface area contributed by atoms with Crippen molar-refractivity contribution in [2.24, 2.45) is 0 Å². The first kappa shape index (κ1) is 13.1. The number of nitrogens with one attached hydrogen (secondary N) is 1. The van der Waals surface area contributed by atoms with Crippen LogP contribution in [-0.4, -0.2) is 9.97 Å². The first-order valence-electron chi connectivity index (χ1n) is 6.71. The van der Waals surface area contributed by atoms with Gasteiger partial charge in [0.15, 0.2) is 0 Å². The van der Waals surface area contributed by atoms with Crippen molar-refractivity contribution in [1.29, 1.82) is 0 Å². The Kier molecular flexibility index (Phi) is 3.74. The van der Waals surface area contributed by atoms with E-state index in [1.807, 2.05) is 54.6 Å². The molecule has 0 amide bonds. The predicted molar refractivity (Wildman–Crippen MR) is 87.3 cm³/mol. The number of benzene rings is 2. The van der Waals surface area contributed by atoms with Crippen LogP contribution in [0.4, 0.5) is 11.4 Å². The lowest BCUT2D eigenvalue weighted by Crippen LogP contribution is -1.91. The number of hydrogen-bond acceptors (Lipinski definition) is 3. The molecule has 1 aromatic heterocycles. The molecule has 0 aliphatic rings. The molecule has 3 rings (SSSR count). The van der Waals surface area contributed by atoms with Gasteiger partial charge < -0.3 is 5.32 Å². The van der Waals surface area contributed by atoms with Crippen LogP contribution in [0.1, 0.15) is 5.56 Å². The summed E-state index contributed by atoms with van der Waals surface area (Å²) in [5, 5.41) is 3.38. The third-order valence-corrected chi connectivity index (χ3v) is 3.17. The molecule has 0 atom stereocenters. The summed E-state index contributed by atoms with van der Waals surface area (Å²) in [6.45, 7) is 3.78. The van der Waals surface area contributed by atoms with Gasteiger partial charge in [-0.05, 0) is 35.9 Å². The summed E-state index contributed by atoms with van der Waals surface area (Å²) < 4.78 is 0. The van der Waals surface area contributed by atoms with Crippen molar-refractivity contribution in [1.82, 2.24) is 9.97 Å². The van der Waals surface area contributed by atoms with Crippen LogP contribution in [0.3, 0.4) is 0 Å². The minimum atomic E-state index is 0.921. The van der Waals surface area contributed by atoms with E-state index in [2.05, 4.69) is 27.9 Å². The topological polar surface area (TPSA) is 37.8 Å². The highest BCUT2D eigenvalue weighted by molar-refractivity contribution is 5.67. The molecule has 1 heterocycles. The maximum atomic E-state index is 4.24. The monoisotopic (exact) mass is 273 g/mol. The van der Waals surface area contributed by atoms with Gasteiger partial charge in [0.2, 0.25) is 0 Å². The molecule has 1 N–H and O–H groups in total. The fourth-order valence-corrected chi connectivity index (χ4v) is 2.10. The first-order chi connectivity index (χ1) is 10.3. The number of anilines is 2. The second kappa shape index (κ2) is 6.01. The summed E-state index contributed by atoms with van der Waals surface area (Å²) in [5.41, 5.74) is 5.17. The van der Waals surface area contributed by atoms with Gasteiger partial charge >= 0.3 is 0 Å². The van der Waals surface area contributed by atoms with Gasteiger partial charge in [0, 0.05) is 23.1 Å². The summed E-state index contributed by atoms with van der Waals surface area (Å²) >= 11 is 0. The zero-order valence-corrected chi connectivity index (χ0v) is 11.5. The largest absolute Gasteiger partial charge is 0.356 e. The van der Waals surface area contributed by atoms with Gasteiger partial charge in [-0.3, -0.25) is 0 Å². The van der Waals surface area contributed by atoms with Crippen molar-refractivity contribution < 1.29 is 0 Å². The normalized spacial score (nSPS) is 10.1. The van der Waals surface area contributed by atoms with Gasteiger partial charge in [0.25, 0.3) is 0 Å². The summed E-state index contributed by atoms with van der Waals surface area (Å²) in [5.74, 6) is 0. The zero-order valence-electron chi connectivity index (χ0n) is 11.5. The van der Waals surface area contributed by atoms with Crippen LogP contribution in [-0.2, 0) is 0 Å². The van der Waals surface area contributed by atoms with Gasteiger partial charge in [-0.1, -0.05) is 36.9 Å². The van der Waals surface area contributed by atoms with Gasteiger partial charge in [-0.2, -0.15) is 0 Å². The molecular formula is C18H15N3. The van der Waals surface area contributed by atoms with E-state index in [1.54, 1.807) is 12.5 Å². The minimum absolute atomic E-state index is 0.921. The van der Waals surface area contributed by atoms with Gasteiger partial charge in [0.1, 0.15) is 6.33 Å². The average molecular weight is 273 g/mol. The summed E-state index contributed by atoms with van der Waals surface area (Å²) in [6.07, 6.45) is 5.14. The Hall–Kier alpha value is -2.94. The summed E-state index contributed by atoms with van der Waals surface area (Å²) in [7, 11) is 0. The second-order valence-corrected chi connectivity index (χ2v) is 4.63. The van der Waals surface area contributed by atoms with Crippen LogP contribution in [0.5, 0.6) is 0 Å². The van der Waals surface area contributed by atoms with Crippen LogP contribution in [0.15, 0.2) is 73.7 Å². The van der Waals surface area contributed by atoms with E-state index in [-0.39, 0.29) is 0 Å². The summed E-state index contributed by atoms with van der Waals surface area (Å²) in [6, 6.07) is 18.2. The van der Waals surface area contributed by atoms with Crippen molar-refractivity contribution in [3.05, 3.63) is 79.3 Å². The van der Waals surface area contributed by atoms with Crippen molar-refractivity contribution in [2.45, 2.75) is 0 Å². The Balaban J connectivity index is 1.79. The molecule has 0 unspecified atom stereocenters. The molecule has 0 bridgehead atoms. The van der Waals surface area contributed by atoms with Gasteiger partial charge in [-0.25, -0.2) is 9.97 Å². The number of rotatable bonds is 4. The van der Waals surface area contributed by atoms with Crippen LogP contribution in [0.2, 0.25) is 0 Å². The standard InChI is InChI=1S/C18H15N3/c1-2-14-4-3-5-17(12-14)21-16-8-6-15(7-9-16)18-10-11-19-13-20-18/h2-13,21H,1H2. The number of aromatic nitrogens is 2. The van der Waals surface area contributed by atoms with E-state index in [4.69, 9.17) is 0 Å². The fourth-order valence-electron chi connectivity index (χ4n) is 2.10. The highest BCUT2D eigenvalue weighted by Gasteiger charge is 1.99. The van der Waals surface area contributed by atoms with Gasteiger partial charge in [-0.15, -0.1) is 0 Å². The van der Waals surface area contributed by atoms with Crippen LogP contribution >= 0.6 is 0 Å². The first-order valence-corrected chi connectivity index (χ1v) is 6.71. The highest BCUT2D eigenvalue weighted by atomic mass is 14.9. The molecule has 0 saturated heterocycles. The SMILES string of the molecule is C=Cc1cccc(Nc2ccc(-c3ccncn3)cc2)c1. The summed E-state index contributed by atoms with van der Waals surface area (Å²) in [4.78, 5) is 8.17. The van der Waals surface area contributed by atoms with Crippen LogP contribution < -0.4 is 5.32 Å². The zero-order chi connectivity index (χ0) is 14.5. The molecule has 0 aliphatic heterocycles. The second-order valence-electron chi connectivity index (χ2n) is 4.63. The van der Waals surface area contributed by atoms with E-state index in [1.165, 1.54) is 0 Å². The van der Waals surface area contributed by atoms with E-state index >= 15 is 0 Å². The molecule has 0 aliphatic carbocycles. The van der Waals surface area contributed by atoms with Crippen molar-refractivity contribution in [3.8, 4) is 11.3 Å². The van der Waals surface area contributed by atoms with E-state index in [9.17, 15) is 0 Å². The van der Waals surface area contributed by atoms with E-state index in [0.717, 1.165) is 28.2 Å². The van der Waals surface area contributed by atoms with Crippen molar-refractivity contribution in [2.75, 3.05) is 5.32 Å². The predicted octanol–water partition coefficient (Wildman–Crippen LogP) is 4.53. The molecule has 3 nitrogen and oxygen atoms in total. The smallest absolute Gasteiger partial charge is 0.116 e. The molecule has 0 radical (unpaired) electrons.